The van der Waals surface area contributed by atoms with Crippen LogP contribution >= 0.6 is 0 Å². The van der Waals surface area contributed by atoms with Crippen molar-refractivity contribution in [3.8, 4) is 0 Å². The molecule has 0 radical (unpaired) electrons. The number of rotatable bonds is 1. The van der Waals surface area contributed by atoms with Gasteiger partial charge in [0.2, 0.25) is 0 Å². The summed E-state index contributed by atoms with van der Waals surface area (Å²) >= 11 is 0. The molecule has 0 amide bonds. The van der Waals surface area contributed by atoms with E-state index in [0.717, 1.165) is 6.42 Å². The van der Waals surface area contributed by atoms with Gasteiger partial charge >= 0.3 is 0 Å². The summed E-state index contributed by atoms with van der Waals surface area (Å²) in [6.45, 7) is 6.58. The predicted octanol–water partition coefficient (Wildman–Crippen LogP) is 0.845. The van der Waals surface area contributed by atoms with Crippen LogP contribution in [-0.2, 0) is 18.9 Å². The van der Waals surface area contributed by atoms with Gasteiger partial charge in [0.15, 0.2) is 0 Å². The van der Waals surface area contributed by atoms with Gasteiger partial charge in [-0.05, 0) is 6.42 Å². The van der Waals surface area contributed by atoms with E-state index in [4.69, 9.17) is 18.9 Å². The molecule has 1 unspecified atom stereocenters. The largest absolute Gasteiger partial charge is 0.377 e. The molecule has 0 saturated carbocycles. The summed E-state index contributed by atoms with van der Waals surface area (Å²) < 4.78 is 21.6. The molecular formula is C10H20O4. The maximum atomic E-state index is 5.57. The predicted molar refractivity (Wildman–Crippen MR) is 52.5 cm³/mol. The lowest BCUT2D eigenvalue weighted by molar-refractivity contribution is -0.0671. The maximum absolute atomic E-state index is 5.57. The van der Waals surface area contributed by atoms with E-state index in [1.807, 2.05) is 0 Å². The van der Waals surface area contributed by atoms with E-state index in [-0.39, 0.29) is 6.10 Å². The summed E-state index contributed by atoms with van der Waals surface area (Å²) in [7, 11) is 0. The first-order valence-corrected chi connectivity index (χ1v) is 5.28. The van der Waals surface area contributed by atoms with Crippen molar-refractivity contribution in [2.75, 3.05) is 46.2 Å². The van der Waals surface area contributed by atoms with Gasteiger partial charge in [0, 0.05) is 0 Å². The van der Waals surface area contributed by atoms with Crippen molar-refractivity contribution >= 4 is 0 Å². The fraction of sp³-hybridized carbons (Fsp3) is 1.00. The molecule has 0 N–H and O–H groups in total. The lowest BCUT2D eigenvalue weighted by Crippen LogP contribution is -2.24. The van der Waals surface area contributed by atoms with Crippen LogP contribution in [0.2, 0.25) is 0 Å². The Morgan fingerprint density at radius 1 is 0.857 bits per heavy atom. The first-order chi connectivity index (χ1) is 6.93. The summed E-state index contributed by atoms with van der Waals surface area (Å²) in [4.78, 5) is 0. The lowest BCUT2D eigenvalue weighted by atomic mass is 10.3. The molecule has 84 valence electrons. The van der Waals surface area contributed by atoms with Crippen molar-refractivity contribution in [1.82, 2.24) is 0 Å². The molecule has 0 aromatic rings. The summed E-state index contributed by atoms with van der Waals surface area (Å²) in [5, 5.41) is 0. The SMILES string of the molecule is CCC1COCCOCCOCCO1. The second kappa shape index (κ2) is 8.17. The minimum Gasteiger partial charge on any atom is -0.377 e. The summed E-state index contributed by atoms with van der Waals surface area (Å²) in [6.07, 6.45) is 1.17. The van der Waals surface area contributed by atoms with Gasteiger partial charge in [0.05, 0.1) is 52.4 Å². The van der Waals surface area contributed by atoms with E-state index < -0.39 is 0 Å². The zero-order chi connectivity index (χ0) is 10.1. The third-order valence-corrected chi connectivity index (χ3v) is 2.08. The average molecular weight is 204 g/mol. The molecule has 0 aromatic carbocycles. The van der Waals surface area contributed by atoms with Gasteiger partial charge in [-0.3, -0.25) is 0 Å². The second-order valence-electron chi connectivity index (χ2n) is 3.20. The van der Waals surface area contributed by atoms with E-state index >= 15 is 0 Å². The van der Waals surface area contributed by atoms with Crippen molar-refractivity contribution in [1.29, 1.82) is 0 Å². The van der Waals surface area contributed by atoms with Crippen LogP contribution in [0.5, 0.6) is 0 Å². The first kappa shape index (κ1) is 11.9. The van der Waals surface area contributed by atoms with Crippen LogP contribution in [0.1, 0.15) is 13.3 Å². The molecule has 1 aliphatic heterocycles. The Bertz CT molecular complexity index is 117. The Hall–Kier alpha value is -0.160. The molecule has 4 nitrogen and oxygen atoms in total. The normalized spacial score (nSPS) is 27.6. The number of hydrogen-bond acceptors (Lipinski definition) is 4. The van der Waals surface area contributed by atoms with Crippen LogP contribution in [0.15, 0.2) is 0 Å². The zero-order valence-electron chi connectivity index (χ0n) is 8.87. The first-order valence-electron chi connectivity index (χ1n) is 5.28. The van der Waals surface area contributed by atoms with Crippen molar-refractivity contribution < 1.29 is 18.9 Å². The Kier molecular flexibility index (Phi) is 6.95. The molecular weight excluding hydrogens is 184 g/mol. The molecule has 0 aliphatic carbocycles. The molecule has 1 aliphatic rings. The molecule has 0 bridgehead atoms. The van der Waals surface area contributed by atoms with Gasteiger partial charge in [-0.2, -0.15) is 0 Å². The molecule has 0 aromatic heterocycles. The van der Waals surface area contributed by atoms with Crippen molar-refractivity contribution in [3.63, 3.8) is 0 Å². The fourth-order valence-electron chi connectivity index (χ4n) is 1.21. The maximum Gasteiger partial charge on any atom is 0.0807 e. The lowest BCUT2D eigenvalue weighted by Gasteiger charge is -2.17. The summed E-state index contributed by atoms with van der Waals surface area (Å²) in [5.74, 6) is 0. The van der Waals surface area contributed by atoms with Crippen LogP contribution in [-0.4, -0.2) is 52.4 Å². The van der Waals surface area contributed by atoms with Crippen LogP contribution in [0.4, 0.5) is 0 Å². The van der Waals surface area contributed by atoms with E-state index in [1.165, 1.54) is 0 Å². The molecule has 1 fully saturated rings. The Morgan fingerprint density at radius 3 is 2.07 bits per heavy atom. The Labute approximate surface area is 85.5 Å². The molecule has 1 rings (SSSR count). The van der Waals surface area contributed by atoms with Gasteiger partial charge in [-0.25, -0.2) is 0 Å². The molecule has 0 spiro atoms. The van der Waals surface area contributed by atoms with Crippen LogP contribution in [0, 0.1) is 0 Å². The molecule has 1 heterocycles. The monoisotopic (exact) mass is 204 g/mol. The minimum atomic E-state index is 0.193. The smallest absolute Gasteiger partial charge is 0.0807 e. The third kappa shape index (κ3) is 5.54. The molecule has 1 atom stereocenters. The second-order valence-corrected chi connectivity index (χ2v) is 3.20. The fourth-order valence-corrected chi connectivity index (χ4v) is 1.21. The highest BCUT2D eigenvalue weighted by Crippen LogP contribution is 1.99. The molecule has 1 saturated heterocycles. The highest BCUT2D eigenvalue weighted by atomic mass is 16.6. The number of hydrogen-bond donors (Lipinski definition) is 0. The molecule has 14 heavy (non-hydrogen) atoms. The van der Waals surface area contributed by atoms with Crippen molar-refractivity contribution in [2.24, 2.45) is 0 Å². The molecule has 4 heteroatoms. The minimum absolute atomic E-state index is 0.193. The van der Waals surface area contributed by atoms with E-state index in [2.05, 4.69) is 6.92 Å². The van der Waals surface area contributed by atoms with Crippen molar-refractivity contribution in [2.45, 2.75) is 19.4 Å². The standard InChI is InChI=1S/C10H20O4/c1-2-10-9-13-6-5-11-3-4-12-7-8-14-10/h10H,2-9H2,1H3. The van der Waals surface area contributed by atoms with Crippen molar-refractivity contribution in [3.05, 3.63) is 0 Å². The van der Waals surface area contributed by atoms with Crippen LogP contribution < -0.4 is 0 Å². The van der Waals surface area contributed by atoms with Gasteiger partial charge in [-0.15, -0.1) is 0 Å². The van der Waals surface area contributed by atoms with Gasteiger partial charge in [0.1, 0.15) is 0 Å². The van der Waals surface area contributed by atoms with Gasteiger partial charge in [0.25, 0.3) is 0 Å². The van der Waals surface area contributed by atoms with E-state index in [1.54, 1.807) is 0 Å². The third-order valence-electron chi connectivity index (χ3n) is 2.08. The van der Waals surface area contributed by atoms with E-state index in [9.17, 15) is 0 Å². The highest BCUT2D eigenvalue weighted by Gasteiger charge is 2.07. The zero-order valence-corrected chi connectivity index (χ0v) is 8.87. The Morgan fingerprint density at radius 2 is 1.43 bits per heavy atom. The van der Waals surface area contributed by atoms with E-state index in [0.29, 0.717) is 46.2 Å². The summed E-state index contributed by atoms with van der Waals surface area (Å²) in [5.41, 5.74) is 0. The van der Waals surface area contributed by atoms with Crippen LogP contribution in [0.25, 0.3) is 0 Å². The quantitative estimate of drug-likeness (QED) is 0.634. The van der Waals surface area contributed by atoms with Gasteiger partial charge in [-0.1, -0.05) is 6.92 Å². The topological polar surface area (TPSA) is 36.9 Å². The average Bonchev–Trinajstić information content (AvgIpc) is 2.19. The Balaban J connectivity index is 2.17. The van der Waals surface area contributed by atoms with Crippen LogP contribution in [0.3, 0.4) is 0 Å². The van der Waals surface area contributed by atoms with Gasteiger partial charge < -0.3 is 18.9 Å². The number of ether oxygens (including phenoxy) is 4. The summed E-state index contributed by atoms with van der Waals surface area (Å²) in [6, 6.07) is 0. The highest BCUT2D eigenvalue weighted by molar-refractivity contribution is 4.53.